The van der Waals surface area contributed by atoms with E-state index < -0.39 is 6.04 Å². The maximum atomic E-state index is 9.79. The van der Waals surface area contributed by atoms with Gasteiger partial charge in [-0.25, -0.2) is 0 Å². The maximum Gasteiger partial charge on any atom is 0.250 e. The highest BCUT2D eigenvalue weighted by atomic mass is 16.7. The van der Waals surface area contributed by atoms with Gasteiger partial charge in [0.15, 0.2) is 6.61 Å². The van der Waals surface area contributed by atoms with Crippen LogP contribution in [0.5, 0.6) is 5.75 Å². The number of aromatic hydroxyl groups is 1. The van der Waals surface area contributed by atoms with E-state index in [4.69, 9.17) is 14.4 Å². The van der Waals surface area contributed by atoms with E-state index in [1.54, 1.807) is 18.2 Å². The van der Waals surface area contributed by atoms with E-state index in [2.05, 4.69) is 10.6 Å². The van der Waals surface area contributed by atoms with Crippen molar-refractivity contribution in [2.75, 3.05) is 20.3 Å². The van der Waals surface area contributed by atoms with Gasteiger partial charge in [0.2, 0.25) is 5.90 Å². The van der Waals surface area contributed by atoms with Crippen LogP contribution in [0.4, 0.5) is 0 Å². The molecule has 6 nitrogen and oxygen atoms in total. The Bertz CT molecular complexity index is 408. The topological polar surface area (TPSA) is 72.3 Å². The molecule has 1 aliphatic heterocycles. The van der Waals surface area contributed by atoms with Crippen molar-refractivity contribution >= 4 is 5.90 Å². The fraction of sp³-hybridized carbons (Fsp3) is 0.364. The number of para-hydroxylation sites is 1. The highest BCUT2D eigenvalue weighted by molar-refractivity contribution is 5.83. The minimum atomic E-state index is -0.499. The maximum absolute atomic E-state index is 9.79. The van der Waals surface area contributed by atoms with E-state index in [1.165, 1.54) is 7.11 Å². The first-order valence-electron chi connectivity index (χ1n) is 5.22. The molecule has 1 heterocycles. The number of hydrogen-bond acceptors (Lipinski definition) is 6. The average Bonchev–Trinajstić information content (AvgIpc) is 2.38. The molecule has 2 rings (SSSR count). The number of oxime groups is 1. The van der Waals surface area contributed by atoms with E-state index in [0.29, 0.717) is 24.7 Å². The fourth-order valence-corrected chi connectivity index (χ4v) is 1.55. The summed E-state index contributed by atoms with van der Waals surface area (Å²) in [6.45, 7) is 0.846. The summed E-state index contributed by atoms with van der Waals surface area (Å²) < 4.78 is 5.37. The normalized spacial score (nSPS) is 16.6. The Morgan fingerprint density at radius 1 is 1.41 bits per heavy atom. The van der Waals surface area contributed by atoms with Crippen molar-refractivity contribution in [1.82, 2.24) is 5.48 Å². The average molecular weight is 238 g/mol. The number of nitrogens with zero attached hydrogens (tertiary/aromatic N) is 1. The summed E-state index contributed by atoms with van der Waals surface area (Å²) in [5, 5.41) is 13.6. The molecule has 2 N–H and O–H groups in total. The monoisotopic (exact) mass is 238 g/mol. The van der Waals surface area contributed by atoms with Crippen LogP contribution >= 0.6 is 0 Å². The van der Waals surface area contributed by atoms with Crippen LogP contribution in [0.25, 0.3) is 0 Å². The summed E-state index contributed by atoms with van der Waals surface area (Å²) in [6.07, 6.45) is 0. The molecule has 1 aromatic rings. The summed E-state index contributed by atoms with van der Waals surface area (Å²) >= 11 is 0. The summed E-state index contributed by atoms with van der Waals surface area (Å²) in [5.41, 5.74) is 3.32. The van der Waals surface area contributed by atoms with Gasteiger partial charge in [-0.2, -0.15) is 5.48 Å². The molecule has 6 heteroatoms. The summed E-state index contributed by atoms with van der Waals surface area (Å²) in [7, 11) is 1.48. The van der Waals surface area contributed by atoms with Crippen LogP contribution in [0.1, 0.15) is 11.6 Å². The predicted molar refractivity (Wildman–Crippen MR) is 60.3 cm³/mol. The van der Waals surface area contributed by atoms with Gasteiger partial charge in [-0.3, -0.25) is 0 Å². The second kappa shape index (κ2) is 5.51. The van der Waals surface area contributed by atoms with Crippen LogP contribution in [-0.2, 0) is 14.4 Å². The quantitative estimate of drug-likeness (QED) is 0.764. The van der Waals surface area contributed by atoms with Crippen LogP contribution in [0.2, 0.25) is 0 Å². The van der Waals surface area contributed by atoms with Crippen molar-refractivity contribution in [1.29, 1.82) is 0 Å². The van der Waals surface area contributed by atoms with E-state index in [9.17, 15) is 5.11 Å². The van der Waals surface area contributed by atoms with Crippen LogP contribution in [0, 0.1) is 0 Å². The van der Waals surface area contributed by atoms with Crippen molar-refractivity contribution in [3.05, 3.63) is 29.8 Å². The number of ether oxygens (including phenoxy) is 1. The van der Waals surface area contributed by atoms with Gasteiger partial charge in [-0.1, -0.05) is 18.2 Å². The van der Waals surface area contributed by atoms with E-state index in [0.717, 1.165) is 0 Å². The molecule has 92 valence electrons. The standard InChI is InChI=1S/C11H14N2O4/c1-15-12-10(11-13-17-7-6-16-11)8-4-2-3-5-9(8)14/h2-5,10,12,14H,6-7H2,1H3. The van der Waals surface area contributed by atoms with Gasteiger partial charge >= 0.3 is 0 Å². The second-order valence-electron chi connectivity index (χ2n) is 3.43. The first-order chi connectivity index (χ1) is 8.33. The molecular formula is C11H14N2O4. The van der Waals surface area contributed by atoms with Gasteiger partial charge in [0.05, 0.1) is 7.11 Å². The van der Waals surface area contributed by atoms with Gasteiger partial charge in [0, 0.05) is 5.56 Å². The molecule has 0 aromatic heterocycles. The van der Waals surface area contributed by atoms with Crippen LogP contribution in [0.15, 0.2) is 29.4 Å². The first-order valence-corrected chi connectivity index (χ1v) is 5.22. The van der Waals surface area contributed by atoms with Crippen molar-refractivity contribution < 1.29 is 19.5 Å². The number of phenolic OH excluding ortho intramolecular Hbond substituents is 1. The molecule has 1 atom stereocenters. The van der Waals surface area contributed by atoms with E-state index in [1.807, 2.05) is 6.07 Å². The lowest BCUT2D eigenvalue weighted by molar-refractivity contribution is 0.0356. The number of rotatable bonds is 4. The molecular weight excluding hydrogens is 224 g/mol. The van der Waals surface area contributed by atoms with Crippen LogP contribution in [0.3, 0.4) is 0 Å². The van der Waals surface area contributed by atoms with E-state index >= 15 is 0 Å². The Balaban J connectivity index is 2.28. The molecule has 0 saturated carbocycles. The molecule has 0 spiro atoms. The lowest BCUT2D eigenvalue weighted by Crippen LogP contribution is -2.32. The summed E-state index contributed by atoms with van der Waals surface area (Å²) in [4.78, 5) is 9.85. The molecule has 1 aromatic carbocycles. The van der Waals surface area contributed by atoms with Crippen LogP contribution < -0.4 is 5.48 Å². The van der Waals surface area contributed by atoms with Gasteiger partial charge in [0.25, 0.3) is 0 Å². The molecule has 0 aliphatic carbocycles. The first kappa shape index (κ1) is 11.7. The Hall–Kier alpha value is -1.79. The Morgan fingerprint density at radius 2 is 2.24 bits per heavy atom. The Morgan fingerprint density at radius 3 is 2.88 bits per heavy atom. The number of hydrogen-bond donors (Lipinski definition) is 2. The summed E-state index contributed by atoms with van der Waals surface area (Å²) in [6, 6.07) is 6.39. The zero-order chi connectivity index (χ0) is 12.1. The zero-order valence-corrected chi connectivity index (χ0v) is 9.42. The number of nitrogens with one attached hydrogen (secondary N) is 1. The molecule has 17 heavy (non-hydrogen) atoms. The van der Waals surface area contributed by atoms with Crippen molar-refractivity contribution in [2.45, 2.75) is 6.04 Å². The van der Waals surface area contributed by atoms with Crippen LogP contribution in [-0.4, -0.2) is 31.3 Å². The van der Waals surface area contributed by atoms with Gasteiger partial charge < -0.3 is 19.5 Å². The third kappa shape index (κ3) is 2.66. The lowest BCUT2D eigenvalue weighted by atomic mass is 10.1. The molecule has 0 radical (unpaired) electrons. The van der Waals surface area contributed by atoms with E-state index in [-0.39, 0.29) is 5.75 Å². The third-order valence-corrected chi connectivity index (χ3v) is 2.31. The highest BCUT2D eigenvalue weighted by Gasteiger charge is 2.25. The minimum Gasteiger partial charge on any atom is -0.508 e. The zero-order valence-electron chi connectivity index (χ0n) is 9.42. The molecule has 0 bridgehead atoms. The van der Waals surface area contributed by atoms with Gasteiger partial charge in [-0.05, 0) is 11.2 Å². The predicted octanol–water partition coefficient (Wildman–Crippen LogP) is 0.945. The number of phenols is 1. The number of benzene rings is 1. The molecule has 1 aliphatic rings. The Kier molecular flexibility index (Phi) is 3.79. The smallest absolute Gasteiger partial charge is 0.250 e. The lowest BCUT2D eigenvalue weighted by Gasteiger charge is -2.22. The molecule has 0 amide bonds. The number of hydroxylamine groups is 1. The van der Waals surface area contributed by atoms with Gasteiger partial charge in [-0.15, -0.1) is 0 Å². The molecule has 1 unspecified atom stereocenters. The fourth-order valence-electron chi connectivity index (χ4n) is 1.55. The van der Waals surface area contributed by atoms with Crippen molar-refractivity contribution in [3.8, 4) is 5.75 Å². The third-order valence-electron chi connectivity index (χ3n) is 2.31. The van der Waals surface area contributed by atoms with Crippen molar-refractivity contribution in [2.24, 2.45) is 5.16 Å². The Labute approximate surface area is 98.7 Å². The van der Waals surface area contributed by atoms with Crippen molar-refractivity contribution in [3.63, 3.8) is 0 Å². The summed E-state index contributed by atoms with van der Waals surface area (Å²) in [5.74, 6) is 0.471. The molecule has 0 saturated heterocycles. The minimum absolute atomic E-state index is 0.138. The van der Waals surface area contributed by atoms with Gasteiger partial charge in [0.1, 0.15) is 18.4 Å². The highest BCUT2D eigenvalue weighted by Crippen LogP contribution is 2.25. The second-order valence-corrected chi connectivity index (χ2v) is 3.43. The largest absolute Gasteiger partial charge is 0.508 e. The molecule has 0 fully saturated rings. The SMILES string of the molecule is CONC(C1=NOCCO1)c1ccccc1O.